The zero-order valence-corrected chi connectivity index (χ0v) is 16.2. The largest absolute Gasteiger partial charge is 0.492 e. The smallest absolute Gasteiger partial charge is 0.119 e. The standard InChI is InChI=1S/C26H27NO/c27-18-19-28-24-16-14-23(15-17-24)26(21-10-5-2-6-11-21)25(22-12-7-13-22)20-8-3-1-4-9-20/h1-6,8-11,14-17,22H,7,12-13,18-19,27H2/b26-25+. The molecule has 28 heavy (non-hydrogen) atoms. The summed E-state index contributed by atoms with van der Waals surface area (Å²) in [6.07, 6.45) is 3.84. The maximum absolute atomic E-state index is 5.68. The molecule has 1 saturated carbocycles. The third-order valence-corrected chi connectivity index (χ3v) is 5.46. The van der Waals surface area contributed by atoms with Crippen molar-refractivity contribution < 1.29 is 4.74 Å². The number of hydrogen-bond donors (Lipinski definition) is 1. The Bertz CT molecular complexity index is 910. The molecule has 0 bridgehead atoms. The van der Waals surface area contributed by atoms with Crippen LogP contribution in [0.1, 0.15) is 36.0 Å². The molecular weight excluding hydrogens is 342 g/mol. The first-order valence-electron chi connectivity index (χ1n) is 10.1. The van der Waals surface area contributed by atoms with Crippen molar-refractivity contribution in [2.75, 3.05) is 13.2 Å². The Balaban J connectivity index is 1.86. The minimum absolute atomic E-state index is 0.525. The molecule has 0 spiro atoms. The average Bonchev–Trinajstić information content (AvgIpc) is 2.73. The van der Waals surface area contributed by atoms with E-state index in [1.165, 1.54) is 47.1 Å². The predicted molar refractivity (Wildman–Crippen MR) is 117 cm³/mol. The lowest BCUT2D eigenvalue weighted by atomic mass is 9.73. The van der Waals surface area contributed by atoms with Crippen LogP contribution in [0.5, 0.6) is 5.75 Å². The molecule has 0 heterocycles. The van der Waals surface area contributed by atoms with E-state index >= 15 is 0 Å². The minimum atomic E-state index is 0.525. The molecule has 2 heteroatoms. The average molecular weight is 370 g/mol. The van der Waals surface area contributed by atoms with Crippen molar-refractivity contribution in [3.63, 3.8) is 0 Å². The Morgan fingerprint density at radius 1 is 0.750 bits per heavy atom. The van der Waals surface area contributed by atoms with Gasteiger partial charge in [0.1, 0.15) is 12.4 Å². The number of hydrogen-bond acceptors (Lipinski definition) is 2. The second-order valence-electron chi connectivity index (χ2n) is 7.31. The fraction of sp³-hybridized carbons (Fsp3) is 0.231. The summed E-state index contributed by atoms with van der Waals surface area (Å²) < 4.78 is 5.68. The Hall–Kier alpha value is -2.84. The topological polar surface area (TPSA) is 35.2 Å². The van der Waals surface area contributed by atoms with Crippen LogP contribution in [0.15, 0.2) is 84.9 Å². The second kappa shape index (κ2) is 8.90. The molecule has 0 radical (unpaired) electrons. The van der Waals surface area contributed by atoms with Crippen LogP contribution in [0.25, 0.3) is 11.1 Å². The van der Waals surface area contributed by atoms with Crippen LogP contribution in [-0.4, -0.2) is 13.2 Å². The number of benzene rings is 3. The van der Waals surface area contributed by atoms with Gasteiger partial charge in [0, 0.05) is 6.54 Å². The first-order chi connectivity index (χ1) is 13.9. The van der Waals surface area contributed by atoms with Gasteiger partial charge in [0.15, 0.2) is 0 Å². The van der Waals surface area contributed by atoms with Gasteiger partial charge in [0.25, 0.3) is 0 Å². The fourth-order valence-electron chi connectivity index (χ4n) is 3.88. The lowest BCUT2D eigenvalue weighted by Gasteiger charge is -2.31. The predicted octanol–water partition coefficient (Wildman–Crippen LogP) is 5.78. The van der Waals surface area contributed by atoms with E-state index in [4.69, 9.17) is 10.5 Å². The van der Waals surface area contributed by atoms with Crippen LogP contribution >= 0.6 is 0 Å². The van der Waals surface area contributed by atoms with Crippen LogP contribution in [-0.2, 0) is 0 Å². The molecule has 4 rings (SSSR count). The number of rotatable bonds is 7. The van der Waals surface area contributed by atoms with Gasteiger partial charge in [0.2, 0.25) is 0 Å². The summed E-state index contributed by atoms with van der Waals surface area (Å²) in [7, 11) is 0. The Morgan fingerprint density at radius 2 is 1.32 bits per heavy atom. The highest BCUT2D eigenvalue weighted by atomic mass is 16.5. The summed E-state index contributed by atoms with van der Waals surface area (Å²) in [5.41, 5.74) is 12.2. The monoisotopic (exact) mass is 369 g/mol. The summed E-state index contributed by atoms with van der Waals surface area (Å²) in [5.74, 6) is 1.48. The lowest BCUT2D eigenvalue weighted by molar-refractivity contribution is 0.328. The molecule has 0 saturated heterocycles. The van der Waals surface area contributed by atoms with Gasteiger partial charge in [0.05, 0.1) is 0 Å². The maximum Gasteiger partial charge on any atom is 0.119 e. The number of allylic oxidation sites excluding steroid dienone is 1. The summed E-state index contributed by atoms with van der Waals surface area (Å²) in [5, 5.41) is 0. The minimum Gasteiger partial charge on any atom is -0.492 e. The molecule has 142 valence electrons. The summed E-state index contributed by atoms with van der Waals surface area (Å²) in [4.78, 5) is 0. The van der Waals surface area contributed by atoms with Crippen molar-refractivity contribution in [2.45, 2.75) is 19.3 Å². The molecule has 3 aromatic rings. The molecule has 1 aliphatic carbocycles. The van der Waals surface area contributed by atoms with Crippen molar-refractivity contribution in [1.29, 1.82) is 0 Å². The van der Waals surface area contributed by atoms with E-state index in [-0.39, 0.29) is 0 Å². The molecule has 2 N–H and O–H groups in total. The van der Waals surface area contributed by atoms with Gasteiger partial charge in [-0.1, -0.05) is 79.2 Å². The highest BCUT2D eigenvalue weighted by Crippen LogP contribution is 2.45. The van der Waals surface area contributed by atoms with Gasteiger partial charge < -0.3 is 10.5 Å². The van der Waals surface area contributed by atoms with E-state index in [1.54, 1.807) is 0 Å². The maximum atomic E-state index is 5.68. The Morgan fingerprint density at radius 3 is 1.86 bits per heavy atom. The molecule has 0 atom stereocenters. The van der Waals surface area contributed by atoms with Gasteiger partial charge >= 0.3 is 0 Å². The highest BCUT2D eigenvalue weighted by molar-refractivity contribution is 5.99. The van der Waals surface area contributed by atoms with Gasteiger partial charge in [-0.15, -0.1) is 0 Å². The molecule has 1 aliphatic rings. The van der Waals surface area contributed by atoms with E-state index in [9.17, 15) is 0 Å². The van der Waals surface area contributed by atoms with E-state index in [0.29, 0.717) is 19.1 Å². The summed E-state index contributed by atoms with van der Waals surface area (Å²) in [6.45, 7) is 1.06. The van der Waals surface area contributed by atoms with Crippen LogP contribution in [0.4, 0.5) is 0 Å². The third kappa shape index (κ3) is 4.02. The van der Waals surface area contributed by atoms with Crippen molar-refractivity contribution in [3.05, 3.63) is 102 Å². The normalized spacial score (nSPS) is 14.9. The first-order valence-corrected chi connectivity index (χ1v) is 10.1. The van der Waals surface area contributed by atoms with Crippen LogP contribution in [0.2, 0.25) is 0 Å². The Labute approximate surface area is 167 Å². The zero-order chi connectivity index (χ0) is 19.2. The lowest BCUT2D eigenvalue weighted by Crippen LogP contribution is -2.15. The molecule has 3 aromatic carbocycles. The Kier molecular flexibility index (Phi) is 5.89. The molecule has 1 fully saturated rings. The SMILES string of the molecule is NCCOc1ccc(/C(=C(\c2ccccc2)C2CCC2)c2ccccc2)cc1. The molecule has 0 amide bonds. The van der Waals surface area contributed by atoms with Gasteiger partial charge in [-0.2, -0.15) is 0 Å². The van der Waals surface area contributed by atoms with Crippen LogP contribution in [0, 0.1) is 5.92 Å². The van der Waals surface area contributed by atoms with Gasteiger partial charge in [-0.25, -0.2) is 0 Å². The second-order valence-corrected chi connectivity index (χ2v) is 7.31. The number of ether oxygens (including phenoxy) is 1. The highest BCUT2D eigenvalue weighted by Gasteiger charge is 2.27. The molecule has 0 aliphatic heterocycles. The van der Waals surface area contributed by atoms with E-state index < -0.39 is 0 Å². The summed E-state index contributed by atoms with van der Waals surface area (Å²) >= 11 is 0. The van der Waals surface area contributed by atoms with Crippen LogP contribution < -0.4 is 10.5 Å². The molecule has 0 unspecified atom stereocenters. The van der Waals surface area contributed by atoms with Gasteiger partial charge in [-0.05, 0) is 58.7 Å². The summed E-state index contributed by atoms with van der Waals surface area (Å²) in [6, 6.07) is 30.1. The van der Waals surface area contributed by atoms with Crippen molar-refractivity contribution in [3.8, 4) is 5.75 Å². The zero-order valence-electron chi connectivity index (χ0n) is 16.2. The first kappa shape index (κ1) is 18.5. The van der Waals surface area contributed by atoms with E-state index in [1.807, 2.05) is 0 Å². The van der Waals surface area contributed by atoms with E-state index in [0.717, 1.165) is 5.75 Å². The van der Waals surface area contributed by atoms with Crippen molar-refractivity contribution >= 4 is 11.1 Å². The molecule has 0 aromatic heterocycles. The fourth-order valence-corrected chi connectivity index (χ4v) is 3.88. The molecular formula is C26H27NO. The third-order valence-electron chi connectivity index (χ3n) is 5.46. The molecule has 2 nitrogen and oxygen atoms in total. The van der Waals surface area contributed by atoms with Crippen molar-refractivity contribution in [2.24, 2.45) is 11.7 Å². The van der Waals surface area contributed by atoms with Crippen LogP contribution in [0.3, 0.4) is 0 Å². The van der Waals surface area contributed by atoms with E-state index in [2.05, 4.69) is 84.9 Å². The van der Waals surface area contributed by atoms with Gasteiger partial charge in [-0.3, -0.25) is 0 Å². The quantitative estimate of drug-likeness (QED) is 0.536. The number of nitrogens with two attached hydrogens (primary N) is 1. The van der Waals surface area contributed by atoms with Crippen molar-refractivity contribution in [1.82, 2.24) is 0 Å².